The van der Waals surface area contributed by atoms with Crippen molar-refractivity contribution in [3.63, 3.8) is 0 Å². The average Bonchev–Trinajstić information content (AvgIpc) is 3.13. The van der Waals surface area contributed by atoms with Crippen molar-refractivity contribution in [3.05, 3.63) is 80.5 Å². The molecule has 2 aromatic carbocycles. The lowest BCUT2D eigenvalue weighted by atomic mass is 10.1. The first-order valence-electron chi connectivity index (χ1n) is 8.79. The third-order valence-electron chi connectivity index (χ3n) is 4.79. The Bertz CT molecular complexity index is 1040. The van der Waals surface area contributed by atoms with Crippen LogP contribution in [0, 0.1) is 13.8 Å². The van der Waals surface area contributed by atoms with Crippen LogP contribution in [0.15, 0.2) is 58.9 Å². The zero-order valence-corrected chi connectivity index (χ0v) is 16.8. The topological polar surface area (TPSA) is 32.7 Å². The summed E-state index contributed by atoms with van der Waals surface area (Å²) in [5.41, 5.74) is 5.84. The number of anilines is 1. The van der Waals surface area contributed by atoms with E-state index in [1.54, 1.807) is 11.3 Å². The van der Waals surface area contributed by atoms with Crippen molar-refractivity contribution in [1.29, 1.82) is 0 Å². The number of carbonyl (C=O) groups excluding carboxylic acids is 1. The van der Waals surface area contributed by atoms with Crippen LogP contribution in [0.4, 0.5) is 11.4 Å². The van der Waals surface area contributed by atoms with Gasteiger partial charge in [0.15, 0.2) is 0 Å². The standard InChI is InChI=1S/C22H19ClN2OS/c1-14-9-18-20(10-15(14)2)25(13-16-5-3-6-17(23)11-16)22(26)12-19(24-18)21-7-4-8-27-21/h3-11H,12-13H2,1-2H3. The SMILES string of the molecule is Cc1cc2c(cc1C)N(Cc1cccc(Cl)c1)C(=O)CC(c1cccs1)=N2. The summed E-state index contributed by atoms with van der Waals surface area (Å²) in [4.78, 5) is 20.9. The molecule has 0 radical (unpaired) electrons. The fourth-order valence-electron chi connectivity index (χ4n) is 3.23. The molecule has 136 valence electrons. The van der Waals surface area contributed by atoms with Crippen LogP contribution in [-0.4, -0.2) is 11.6 Å². The third kappa shape index (κ3) is 3.68. The summed E-state index contributed by atoms with van der Waals surface area (Å²) in [6, 6.07) is 15.8. The molecule has 27 heavy (non-hydrogen) atoms. The van der Waals surface area contributed by atoms with Gasteiger partial charge in [-0.3, -0.25) is 4.79 Å². The predicted octanol–water partition coefficient (Wildman–Crippen LogP) is 6.08. The molecular formula is C22H19ClN2OS. The minimum atomic E-state index is 0.0455. The van der Waals surface area contributed by atoms with Crippen LogP contribution < -0.4 is 4.90 Å². The first-order chi connectivity index (χ1) is 13.0. The number of benzene rings is 2. The van der Waals surface area contributed by atoms with Crippen molar-refractivity contribution in [2.24, 2.45) is 4.99 Å². The van der Waals surface area contributed by atoms with Gasteiger partial charge in [-0.2, -0.15) is 0 Å². The number of aryl methyl sites for hydroxylation is 2. The monoisotopic (exact) mass is 394 g/mol. The summed E-state index contributed by atoms with van der Waals surface area (Å²) in [7, 11) is 0. The Morgan fingerprint density at radius 3 is 2.67 bits per heavy atom. The van der Waals surface area contributed by atoms with Gasteiger partial charge in [-0.25, -0.2) is 4.99 Å². The van der Waals surface area contributed by atoms with E-state index >= 15 is 0 Å². The smallest absolute Gasteiger partial charge is 0.233 e. The van der Waals surface area contributed by atoms with Crippen molar-refractivity contribution < 1.29 is 4.79 Å². The second kappa shape index (κ2) is 7.29. The van der Waals surface area contributed by atoms with E-state index in [2.05, 4.69) is 26.0 Å². The molecule has 1 aliphatic rings. The molecule has 5 heteroatoms. The molecule has 0 aliphatic carbocycles. The molecule has 1 aliphatic heterocycles. The van der Waals surface area contributed by atoms with Crippen LogP contribution in [0.2, 0.25) is 5.02 Å². The highest BCUT2D eigenvalue weighted by Gasteiger charge is 2.26. The summed E-state index contributed by atoms with van der Waals surface area (Å²) in [5, 5.41) is 2.68. The molecule has 0 N–H and O–H groups in total. The number of carbonyl (C=O) groups is 1. The Balaban J connectivity index is 1.81. The highest BCUT2D eigenvalue weighted by molar-refractivity contribution is 7.12. The molecule has 2 heterocycles. The van der Waals surface area contributed by atoms with Crippen molar-refractivity contribution in [2.75, 3.05) is 4.90 Å². The van der Waals surface area contributed by atoms with E-state index in [9.17, 15) is 4.79 Å². The first kappa shape index (κ1) is 18.0. The van der Waals surface area contributed by atoms with Crippen LogP contribution in [0.1, 0.15) is 28.0 Å². The van der Waals surface area contributed by atoms with Crippen molar-refractivity contribution >= 4 is 45.9 Å². The molecule has 1 aromatic heterocycles. The molecule has 3 nitrogen and oxygen atoms in total. The van der Waals surface area contributed by atoms with E-state index in [1.165, 1.54) is 5.56 Å². The molecule has 0 bridgehead atoms. The van der Waals surface area contributed by atoms with Gasteiger partial charge in [0.1, 0.15) is 0 Å². The number of rotatable bonds is 3. The van der Waals surface area contributed by atoms with Gasteiger partial charge in [-0.15, -0.1) is 11.3 Å². The van der Waals surface area contributed by atoms with Gasteiger partial charge in [0, 0.05) is 9.90 Å². The minimum absolute atomic E-state index is 0.0455. The van der Waals surface area contributed by atoms with Crippen LogP contribution in [0.3, 0.4) is 0 Å². The first-order valence-corrected chi connectivity index (χ1v) is 10.0. The molecule has 0 saturated heterocycles. The van der Waals surface area contributed by atoms with E-state index in [1.807, 2.05) is 46.7 Å². The number of fused-ring (bicyclic) bond motifs is 1. The molecule has 0 unspecified atom stereocenters. The Labute approximate surface area is 167 Å². The normalized spacial score (nSPS) is 14.0. The largest absolute Gasteiger partial charge is 0.306 e. The Morgan fingerprint density at radius 2 is 1.93 bits per heavy atom. The van der Waals surface area contributed by atoms with Crippen LogP contribution >= 0.6 is 22.9 Å². The van der Waals surface area contributed by atoms with E-state index in [4.69, 9.17) is 16.6 Å². The summed E-state index contributed by atoms with van der Waals surface area (Å²) in [6.45, 7) is 4.61. The molecule has 4 rings (SSSR count). The second-order valence-electron chi connectivity index (χ2n) is 6.75. The van der Waals surface area contributed by atoms with Gasteiger partial charge in [0.25, 0.3) is 0 Å². The average molecular weight is 395 g/mol. The molecule has 0 fully saturated rings. The number of nitrogens with zero attached hydrogens (tertiary/aromatic N) is 2. The van der Waals surface area contributed by atoms with Gasteiger partial charge >= 0.3 is 0 Å². The van der Waals surface area contributed by atoms with Crippen LogP contribution in [0.25, 0.3) is 0 Å². The quantitative estimate of drug-likeness (QED) is 0.530. The Morgan fingerprint density at radius 1 is 1.11 bits per heavy atom. The van der Waals surface area contributed by atoms with Crippen molar-refractivity contribution in [1.82, 2.24) is 0 Å². The summed E-state index contributed by atoms with van der Waals surface area (Å²) in [5.74, 6) is 0.0455. The van der Waals surface area contributed by atoms with E-state index < -0.39 is 0 Å². The molecule has 3 aromatic rings. The summed E-state index contributed by atoms with van der Waals surface area (Å²) >= 11 is 7.75. The lowest BCUT2D eigenvalue weighted by Gasteiger charge is -2.23. The maximum atomic E-state index is 13.2. The van der Waals surface area contributed by atoms with E-state index in [0.717, 1.165) is 33.1 Å². The lowest BCUT2D eigenvalue weighted by molar-refractivity contribution is -0.117. The Kier molecular flexibility index (Phi) is 4.85. The molecule has 0 spiro atoms. The fourth-order valence-corrected chi connectivity index (χ4v) is 4.15. The minimum Gasteiger partial charge on any atom is -0.306 e. The second-order valence-corrected chi connectivity index (χ2v) is 8.13. The van der Waals surface area contributed by atoms with E-state index in [-0.39, 0.29) is 12.3 Å². The maximum absolute atomic E-state index is 13.2. The van der Waals surface area contributed by atoms with Gasteiger partial charge in [-0.1, -0.05) is 29.8 Å². The van der Waals surface area contributed by atoms with Crippen LogP contribution in [0.5, 0.6) is 0 Å². The van der Waals surface area contributed by atoms with Gasteiger partial charge in [0.2, 0.25) is 5.91 Å². The maximum Gasteiger partial charge on any atom is 0.233 e. The number of hydrogen-bond donors (Lipinski definition) is 0. The highest BCUT2D eigenvalue weighted by atomic mass is 35.5. The highest BCUT2D eigenvalue weighted by Crippen LogP contribution is 2.37. The van der Waals surface area contributed by atoms with Gasteiger partial charge in [0.05, 0.1) is 30.1 Å². The molecule has 0 saturated carbocycles. The number of hydrogen-bond acceptors (Lipinski definition) is 3. The lowest BCUT2D eigenvalue weighted by Crippen LogP contribution is -2.31. The number of aliphatic imine (C=N–C) groups is 1. The number of halogens is 1. The van der Waals surface area contributed by atoms with Crippen molar-refractivity contribution in [3.8, 4) is 0 Å². The Hall–Kier alpha value is -2.43. The van der Waals surface area contributed by atoms with Gasteiger partial charge in [-0.05, 0) is 66.2 Å². The zero-order chi connectivity index (χ0) is 19.0. The van der Waals surface area contributed by atoms with Crippen LogP contribution in [-0.2, 0) is 11.3 Å². The predicted molar refractivity (Wildman–Crippen MR) is 114 cm³/mol. The molecule has 1 amide bonds. The fraction of sp³-hybridized carbons (Fsp3) is 0.182. The number of thiophene rings is 1. The number of amides is 1. The summed E-state index contributed by atoms with van der Waals surface area (Å²) in [6.07, 6.45) is 0.286. The van der Waals surface area contributed by atoms with Gasteiger partial charge < -0.3 is 4.90 Å². The van der Waals surface area contributed by atoms with E-state index in [0.29, 0.717) is 11.6 Å². The van der Waals surface area contributed by atoms with Crippen molar-refractivity contribution in [2.45, 2.75) is 26.8 Å². The third-order valence-corrected chi connectivity index (χ3v) is 5.95. The molecule has 0 atom stereocenters. The molecular weight excluding hydrogens is 376 g/mol. The summed E-state index contributed by atoms with van der Waals surface area (Å²) < 4.78 is 0. The zero-order valence-electron chi connectivity index (χ0n) is 15.2.